The van der Waals surface area contributed by atoms with E-state index in [0.29, 0.717) is 18.9 Å². The number of nitrogens with one attached hydrogen (secondary N) is 1. The summed E-state index contributed by atoms with van der Waals surface area (Å²) in [5.41, 5.74) is 0. The summed E-state index contributed by atoms with van der Waals surface area (Å²) in [6.07, 6.45) is 2.88. The lowest BCUT2D eigenvalue weighted by atomic mass is 9.91. The first-order chi connectivity index (χ1) is 8.07. The van der Waals surface area contributed by atoms with E-state index in [1.165, 1.54) is 0 Å². The van der Waals surface area contributed by atoms with Crippen LogP contribution in [0.25, 0.3) is 0 Å². The Kier molecular flexibility index (Phi) is 6.34. The van der Waals surface area contributed by atoms with Crippen LogP contribution in [-0.4, -0.2) is 32.7 Å². The minimum Gasteiger partial charge on any atom is -0.383 e. The van der Waals surface area contributed by atoms with E-state index in [0.717, 1.165) is 25.9 Å². The first-order valence-corrected chi connectivity index (χ1v) is 6.65. The van der Waals surface area contributed by atoms with E-state index in [-0.39, 0.29) is 18.8 Å². The molecule has 1 rings (SSSR count). The number of ether oxygens (including phenoxy) is 1. The second-order valence-corrected chi connectivity index (χ2v) is 5.17. The first kappa shape index (κ1) is 14.8. The number of rotatable bonds is 8. The summed E-state index contributed by atoms with van der Waals surface area (Å²) in [5, 5.41) is 3.32. The van der Waals surface area contributed by atoms with Gasteiger partial charge in [0, 0.05) is 26.5 Å². The number of hydrogen-bond donors (Lipinski definition) is 1. The van der Waals surface area contributed by atoms with Crippen LogP contribution in [0.15, 0.2) is 0 Å². The predicted octanol–water partition coefficient (Wildman–Crippen LogP) is 3.07. The molecule has 0 heterocycles. The van der Waals surface area contributed by atoms with Crippen molar-refractivity contribution in [3.63, 3.8) is 0 Å². The molecule has 0 spiro atoms. The Morgan fingerprint density at radius 2 is 2.24 bits per heavy atom. The Labute approximate surface area is 103 Å². The summed E-state index contributed by atoms with van der Waals surface area (Å²) in [7, 11) is 1.68. The highest BCUT2D eigenvalue weighted by molar-refractivity contribution is 4.82. The van der Waals surface area contributed by atoms with Gasteiger partial charge < -0.3 is 10.1 Å². The van der Waals surface area contributed by atoms with Gasteiger partial charge in [0.15, 0.2) is 0 Å². The van der Waals surface area contributed by atoms with Crippen LogP contribution in [0.5, 0.6) is 0 Å². The van der Waals surface area contributed by atoms with E-state index in [1.54, 1.807) is 7.11 Å². The van der Waals surface area contributed by atoms with Gasteiger partial charge in [-0.1, -0.05) is 13.3 Å². The molecule has 102 valence electrons. The molecule has 1 saturated carbocycles. The molecular formula is C13H25F2NO. The molecule has 1 aliphatic rings. The van der Waals surface area contributed by atoms with Gasteiger partial charge in [0.1, 0.15) is 0 Å². The molecular weight excluding hydrogens is 224 g/mol. The van der Waals surface area contributed by atoms with Crippen molar-refractivity contribution in [1.29, 1.82) is 0 Å². The predicted molar refractivity (Wildman–Crippen MR) is 65.4 cm³/mol. The SMILES string of the molecule is CCC(CNCCOC)CC1CCC(F)(F)C1. The minimum absolute atomic E-state index is 0.0885. The Hall–Kier alpha value is -0.220. The average Bonchev–Trinajstić information content (AvgIpc) is 2.62. The van der Waals surface area contributed by atoms with Gasteiger partial charge in [-0.15, -0.1) is 0 Å². The van der Waals surface area contributed by atoms with Gasteiger partial charge in [-0.2, -0.15) is 0 Å². The molecule has 0 amide bonds. The lowest BCUT2D eigenvalue weighted by Gasteiger charge is -2.19. The maximum Gasteiger partial charge on any atom is 0.248 e. The molecule has 0 aromatic carbocycles. The zero-order valence-corrected chi connectivity index (χ0v) is 11.0. The summed E-state index contributed by atoms with van der Waals surface area (Å²) in [5.74, 6) is -1.66. The Morgan fingerprint density at radius 1 is 1.47 bits per heavy atom. The van der Waals surface area contributed by atoms with E-state index in [1.807, 2.05) is 0 Å². The quantitative estimate of drug-likeness (QED) is 0.667. The van der Waals surface area contributed by atoms with Gasteiger partial charge in [0.05, 0.1) is 6.61 Å². The molecule has 1 N–H and O–H groups in total. The molecule has 0 aliphatic heterocycles. The maximum atomic E-state index is 13.1. The lowest BCUT2D eigenvalue weighted by molar-refractivity contribution is 0.00401. The summed E-state index contributed by atoms with van der Waals surface area (Å²) in [6, 6.07) is 0. The number of hydrogen-bond acceptors (Lipinski definition) is 2. The standard InChI is InChI=1S/C13H25F2NO/c1-3-11(10-16-6-7-17-2)8-12-4-5-13(14,15)9-12/h11-12,16H,3-10H2,1-2H3. The van der Waals surface area contributed by atoms with Crippen LogP contribution in [-0.2, 0) is 4.74 Å². The fourth-order valence-electron chi connectivity index (χ4n) is 2.59. The molecule has 0 radical (unpaired) electrons. The molecule has 0 aromatic heterocycles. The summed E-state index contributed by atoms with van der Waals surface area (Å²) < 4.78 is 31.1. The van der Waals surface area contributed by atoms with E-state index in [9.17, 15) is 8.78 Å². The van der Waals surface area contributed by atoms with Gasteiger partial charge in [-0.25, -0.2) is 8.78 Å². The maximum absolute atomic E-state index is 13.1. The molecule has 2 nitrogen and oxygen atoms in total. The fraction of sp³-hybridized carbons (Fsp3) is 1.00. The van der Waals surface area contributed by atoms with E-state index in [4.69, 9.17) is 4.74 Å². The Balaban J connectivity index is 2.18. The van der Waals surface area contributed by atoms with Crippen LogP contribution in [0.2, 0.25) is 0 Å². The molecule has 4 heteroatoms. The largest absolute Gasteiger partial charge is 0.383 e. The van der Waals surface area contributed by atoms with Gasteiger partial charge in [-0.05, 0) is 31.2 Å². The average molecular weight is 249 g/mol. The molecule has 17 heavy (non-hydrogen) atoms. The molecule has 0 saturated heterocycles. The van der Waals surface area contributed by atoms with Crippen LogP contribution in [0.3, 0.4) is 0 Å². The molecule has 1 aliphatic carbocycles. The molecule has 0 bridgehead atoms. The lowest BCUT2D eigenvalue weighted by Crippen LogP contribution is -2.27. The third kappa shape index (κ3) is 5.77. The van der Waals surface area contributed by atoms with Crippen LogP contribution >= 0.6 is 0 Å². The molecule has 1 fully saturated rings. The zero-order chi connectivity index (χ0) is 12.7. The highest BCUT2D eigenvalue weighted by Crippen LogP contribution is 2.41. The highest BCUT2D eigenvalue weighted by atomic mass is 19.3. The first-order valence-electron chi connectivity index (χ1n) is 6.65. The van der Waals surface area contributed by atoms with Crippen molar-refractivity contribution in [3.8, 4) is 0 Å². The molecule has 2 unspecified atom stereocenters. The molecule has 0 aromatic rings. The van der Waals surface area contributed by atoms with Crippen molar-refractivity contribution >= 4 is 0 Å². The van der Waals surface area contributed by atoms with Crippen molar-refractivity contribution in [2.45, 2.75) is 45.0 Å². The monoisotopic (exact) mass is 249 g/mol. The van der Waals surface area contributed by atoms with Crippen LogP contribution in [0, 0.1) is 11.8 Å². The number of halogens is 2. The van der Waals surface area contributed by atoms with Crippen molar-refractivity contribution in [2.75, 3.05) is 26.8 Å². The molecule has 2 atom stereocenters. The van der Waals surface area contributed by atoms with E-state index >= 15 is 0 Å². The summed E-state index contributed by atoms with van der Waals surface area (Å²) in [4.78, 5) is 0. The third-order valence-corrected chi connectivity index (χ3v) is 3.67. The second kappa shape index (κ2) is 7.27. The minimum atomic E-state index is -2.40. The van der Waals surface area contributed by atoms with Gasteiger partial charge in [0.25, 0.3) is 0 Å². The Morgan fingerprint density at radius 3 is 2.76 bits per heavy atom. The van der Waals surface area contributed by atoms with Crippen molar-refractivity contribution in [3.05, 3.63) is 0 Å². The van der Waals surface area contributed by atoms with Gasteiger partial charge in [-0.3, -0.25) is 0 Å². The van der Waals surface area contributed by atoms with E-state index in [2.05, 4.69) is 12.2 Å². The smallest absolute Gasteiger partial charge is 0.248 e. The summed E-state index contributed by atoms with van der Waals surface area (Å²) >= 11 is 0. The van der Waals surface area contributed by atoms with Gasteiger partial charge in [0.2, 0.25) is 5.92 Å². The Bertz CT molecular complexity index is 212. The van der Waals surface area contributed by atoms with Crippen molar-refractivity contribution in [1.82, 2.24) is 5.32 Å². The van der Waals surface area contributed by atoms with Crippen molar-refractivity contribution in [2.24, 2.45) is 11.8 Å². The van der Waals surface area contributed by atoms with E-state index < -0.39 is 5.92 Å². The zero-order valence-electron chi connectivity index (χ0n) is 11.0. The van der Waals surface area contributed by atoms with Crippen LogP contribution in [0.1, 0.15) is 39.0 Å². The second-order valence-electron chi connectivity index (χ2n) is 5.17. The number of alkyl halides is 2. The topological polar surface area (TPSA) is 21.3 Å². The van der Waals surface area contributed by atoms with Crippen LogP contribution in [0.4, 0.5) is 8.78 Å². The van der Waals surface area contributed by atoms with Gasteiger partial charge >= 0.3 is 0 Å². The third-order valence-electron chi connectivity index (χ3n) is 3.67. The van der Waals surface area contributed by atoms with Crippen molar-refractivity contribution < 1.29 is 13.5 Å². The fourth-order valence-corrected chi connectivity index (χ4v) is 2.59. The normalized spacial score (nSPS) is 25.1. The van der Waals surface area contributed by atoms with Crippen LogP contribution < -0.4 is 5.32 Å². The number of methoxy groups -OCH3 is 1. The highest BCUT2D eigenvalue weighted by Gasteiger charge is 2.39. The summed E-state index contributed by atoms with van der Waals surface area (Å²) in [6.45, 7) is 4.60.